The van der Waals surface area contributed by atoms with Gasteiger partial charge in [0.1, 0.15) is 5.75 Å². The van der Waals surface area contributed by atoms with E-state index in [1.165, 1.54) is 24.3 Å². The molecule has 120 valence electrons. The number of anilines is 2. The van der Waals surface area contributed by atoms with Crippen molar-refractivity contribution in [2.45, 2.75) is 6.18 Å². The van der Waals surface area contributed by atoms with E-state index in [1.807, 2.05) is 0 Å². The molecule has 4 nitrogen and oxygen atoms in total. The van der Waals surface area contributed by atoms with Crippen LogP contribution in [0.5, 0.6) is 5.75 Å². The minimum Gasteiger partial charge on any atom is -0.482 e. The first-order valence-corrected chi connectivity index (χ1v) is 6.87. The van der Waals surface area contributed by atoms with Crippen molar-refractivity contribution >= 4 is 28.9 Å². The van der Waals surface area contributed by atoms with E-state index >= 15 is 0 Å². The number of nitrogen functional groups attached to an aromatic ring is 1. The highest BCUT2D eigenvalue weighted by atomic mass is 35.5. The Morgan fingerprint density at radius 1 is 1.22 bits per heavy atom. The summed E-state index contributed by atoms with van der Waals surface area (Å²) in [6, 6.07) is 6.40. The molecule has 0 aliphatic carbocycles. The van der Waals surface area contributed by atoms with E-state index in [-0.39, 0.29) is 34.4 Å². The van der Waals surface area contributed by atoms with Crippen molar-refractivity contribution in [3.63, 3.8) is 0 Å². The van der Waals surface area contributed by atoms with Gasteiger partial charge in [-0.25, -0.2) is 0 Å². The van der Waals surface area contributed by atoms with Gasteiger partial charge in [-0.15, -0.1) is 0 Å². The van der Waals surface area contributed by atoms with E-state index in [4.69, 9.17) is 22.1 Å². The molecule has 1 heterocycles. The number of amides is 1. The summed E-state index contributed by atoms with van der Waals surface area (Å²) in [7, 11) is 0. The molecule has 3 rings (SSSR count). The van der Waals surface area contributed by atoms with Crippen molar-refractivity contribution in [3.05, 3.63) is 40.9 Å². The summed E-state index contributed by atoms with van der Waals surface area (Å²) in [5, 5.41) is 2.42. The second-order valence-electron chi connectivity index (χ2n) is 4.97. The summed E-state index contributed by atoms with van der Waals surface area (Å²) in [6.45, 7) is -0.136. The number of hydrogen-bond donors (Lipinski definition) is 2. The molecule has 8 heteroatoms. The topological polar surface area (TPSA) is 64.3 Å². The van der Waals surface area contributed by atoms with Crippen molar-refractivity contribution in [1.82, 2.24) is 0 Å². The molecule has 2 aromatic carbocycles. The number of nitrogens with two attached hydrogens (primary N) is 1. The first kappa shape index (κ1) is 15.5. The van der Waals surface area contributed by atoms with Crippen molar-refractivity contribution < 1.29 is 22.7 Å². The Balaban J connectivity index is 2.19. The number of nitrogens with one attached hydrogen (secondary N) is 1. The molecular formula is C15H10ClF3N2O2. The fourth-order valence-corrected chi connectivity index (χ4v) is 2.72. The van der Waals surface area contributed by atoms with E-state index in [1.54, 1.807) is 0 Å². The van der Waals surface area contributed by atoms with Crippen LogP contribution in [-0.4, -0.2) is 12.5 Å². The van der Waals surface area contributed by atoms with Crippen LogP contribution in [0.3, 0.4) is 0 Å². The van der Waals surface area contributed by atoms with Gasteiger partial charge < -0.3 is 15.8 Å². The molecular weight excluding hydrogens is 333 g/mol. The number of ether oxygens (including phenoxy) is 1. The third-order valence-electron chi connectivity index (χ3n) is 3.32. The molecule has 0 aromatic heterocycles. The number of rotatable bonds is 1. The zero-order chi connectivity index (χ0) is 16.8. The number of fused-ring (bicyclic) bond motifs is 1. The van der Waals surface area contributed by atoms with Crippen molar-refractivity contribution in [1.29, 1.82) is 0 Å². The average Bonchev–Trinajstić information content (AvgIpc) is 2.44. The van der Waals surface area contributed by atoms with Crippen LogP contribution in [0.1, 0.15) is 5.56 Å². The lowest BCUT2D eigenvalue weighted by atomic mass is 9.97. The van der Waals surface area contributed by atoms with Gasteiger partial charge in [-0.2, -0.15) is 13.2 Å². The monoisotopic (exact) mass is 342 g/mol. The normalized spacial score (nSPS) is 14.0. The molecule has 0 spiro atoms. The highest BCUT2D eigenvalue weighted by Crippen LogP contribution is 2.44. The number of alkyl halides is 3. The minimum absolute atomic E-state index is 0.0827. The van der Waals surface area contributed by atoms with Crippen LogP contribution >= 0.6 is 11.6 Å². The smallest absolute Gasteiger partial charge is 0.417 e. The molecule has 1 amide bonds. The largest absolute Gasteiger partial charge is 0.482 e. The number of carbonyl (C=O) groups is 1. The molecule has 3 N–H and O–H groups in total. The second-order valence-corrected chi connectivity index (χ2v) is 5.38. The van der Waals surface area contributed by atoms with Gasteiger partial charge in [-0.3, -0.25) is 4.79 Å². The van der Waals surface area contributed by atoms with E-state index in [9.17, 15) is 18.0 Å². The van der Waals surface area contributed by atoms with Gasteiger partial charge in [0.2, 0.25) is 0 Å². The fraction of sp³-hybridized carbons (Fsp3) is 0.133. The third kappa shape index (κ3) is 2.92. The molecule has 0 radical (unpaired) electrons. The van der Waals surface area contributed by atoms with Crippen molar-refractivity contribution in [2.75, 3.05) is 17.7 Å². The number of carbonyl (C=O) groups excluding carboxylic acids is 1. The summed E-state index contributed by atoms with van der Waals surface area (Å²) >= 11 is 5.99. The summed E-state index contributed by atoms with van der Waals surface area (Å²) < 4.78 is 45.0. The van der Waals surface area contributed by atoms with E-state index in [0.29, 0.717) is 11.4 Å². The van der Waals surface area contributed by atoms with Crippen LogP contribution < -0.4 is 15.8 Å². The Hall–Kier alpha value is -2.41. The quantitative estimate of drug-likeness (QED) is 0.772. The van der Waals surface area contributed by atoms with Gasteiger partial charge in [0.05, 0.1) is 16.3 Å². The summed E-state index contributed by atoms with van der Waals surface area (Å²) in [4.78, 5) is 11.4. The molecule has 1 aliphatic rings. The molecule has 0 saturated heterocycles. The van der Waals surface area contributed by atoms with Gasteiger partial charge >= 0.3 is 6.18 Å². The number of hydrogen-bond acceptors (Lipinski definition) is 3. The van der Waals surface area contributed by atoms with Gasteiger partial charge in [0.15, 0.2) is 6.61 Å². The minimum atomic E-state index is -4.62. The Bertz CT molecular complexity index is 806. The van der Waals surface area contributed by atoms with Crippen LogP contribution in [0.25, 0.3) is 11.1 Å². The van der Waals surface area contributed by atoms with Gasteiger partial charge in [-0.1, -0.05) is 17.7 Å². The lowest BCUT2D eigenvalue weighted by molar-refractivity contribution is -0.137. The number of halogens is 4. The molecule has 1 aliphatic heterocycles. The van der Waals surface area contributed by atoms with Crippen LogP contribution in [0.4, 0.5) is 24.5 Å². The maximum absolute atomic E-state index is 13.3. The van der Waals surface area contributed by atoms with Gasteiger partial charge in [-0.05, 0) is 29.8 Å². The number of benzene rings is 2. The predicted octanol–water partition coefficient (Wildman–Crippen LogP) is 3.94. The SMILES string of the molecule is Nc1cc(Cl)c(-c2ccc3c(c2)NC(=O)CO3)c(C(F)(F)F)c1. The van der Waals surface area contributed by atoms with E-state index in [2.05, 4.69) is 5.32 Å². The van der Waals surface area contributed by atoms with Crippen LogP contribution in [-0.2, 0) is 11.0 Å². The maximum Gasteiger partial charge on any atom is 0.417 e. The van der Waals surface area contributed by atoms with Crippen molar-refractivity contribution in [2.24, 2.45) is 0 Å². The van der Waals surface area contributed by atoms with Crippen LogP contribution in [0.2, 0.25) is 5.02 Å². The fourth-order valence-electron chi connectivity index (χ4n) is 2.38. The Labute approximate surface area is 134 Å². The summed E-state index contributed by atoms with van der Waals surface area (Å²) in [5.41, 5.74) is 4.74. The lowest BCUT2D eigenvalue weighted by Gasteiger charge is -2.20. The first-order chi connectivity index (χ1) is 10.8. The predicted molar refractivity (Wildman–Crippen MR) is 80.4 cm³/mol. The highest BCUT2D eigenvalue weighted by Gasteiger charge is 2.35. The lowest BCUT2D eigenvalue weighted by Crippen LogP contribution is -2.25. The van der Waals surface area contributed by atoms with Gasteiger partial charge in [0, 0.05) is 11.3 Å². The second kappa shape index (κ2) is 5.34. The van der Waals surface area contributed by atoms with Crippen LogP contribution in [0.15, 0.2) is 30.3 Å². The molecule has 0 unspecified atom stereocenters. The Morgan fingerprint density at radius 3 is 2.65 bits per heavy atom. The van der Waals surface area contributed by atoms with E-state index < -0.39 is 11.7 Å². The third-order valence-corrected chi connectivity index (χ3v) is 3.62. The first-order valence-electron chi connectivity index (χ1n) is 6.49. The Kier molecular flexibility index (Phi) is 3.60. The summed E-state index contributed by atoms with van der Waals surface area (Å²) in [5.74, 6) is 0.00238. The molecule has 23 heavy (non-hydrogen) atoms. The maximum atomic E-state index is 13.3. The summed E-state index contributed by atoms with van der Waals surface area (Å²) in [6.07, 6.45) is -4.62. The molecule has 2 aromatic rings. The zero-order valence-corrected chi connectivity index (χ0v) is 12.3. The zero-order valence-electron chi connectivity index (χ0n) is 11.5. The molecule has 0 atom stereocenters. The standard InChI is InChI=1S/C15H10ClF3N2O2/c16-10-5-8(20)4-9(15(17,18)19)14(10)7-1-2-12-11(3-7)21-13(22)6-23-12/h1-5H,6,20H2,(H,21,22). The molecule has 0 fully saturated rings. The molecule has 0 bridgehead atoms. The van der Waals surface area contributed by atoms with Crippen LogP contribution in [0, 0.1) is 0 Å². The Morgan fingerprint density at radius 2 is 1.96 bits per heavy atom. The van der Waals surface area contributed by atoms with E-state index in [0.717, 1.165) is 6.07 Å². The van der Waals surface area contributed by atoms with Crippen molar-refractivity contribution in [3.8, 4) is 16.9 Å². The average molecular weight is 343 g/mol. The highest BCUT2D eigenvalue weighted by molar-refractivity contribution is 6.34. The van der Waals surface area contributed by atoms with Gasteiger partial charge in [0.25, 0.3) is 5.91 Å². The molecule has 0 saturated carbocycles.